The molecule has 0 aliphatic carbocycles. The molecule has 1 aromatic heterocycles. The fraction of sp³-hybridized carbons (Fsp3) is 0.200. The topological polar surface area (TPSA) is 50.9 Å². The van der Waals surface area contributed by atoms with Gasteiger partial charge in [0.1, 0.15) is 10.8 Å². The van der Waals surface area contributed by atoms with Gasteiger partial charge in [-0.3, -0.25) is 0 Å². The number of aromatic nitrogens is 1. The van der Waals surface area contributed by atoms with Gasteiger partial charge in [-0.1, -0.05) is 36.0 Å². The molecule has 0 aliphatic rings. The average molecular weight is 306 g/mol. The van der Waals surface area contributed by atoms with E-state index in [0.29, 0.717) is 16.6 Å². The van der Waals surface area contributed by atoms with E-state index in [1.54, 1.807) is 0 Å². The van der Waals surface area contributed by atoms with Crippen LogP contribution in [-0.2, 0) is 6.54 Å². The second-order valence-corrected chi connectivity index (χ2v) is 5.53. The Labute approximate surface area is 129 Å². The third-order valence-corrected chi connectivity index (χ3v) is 3.38. The molecular formula is C15H16ClN3S. The van der Waals surface area contributed by atoms with Crippen LogP contribution in [0.25, 0.3) is 0 Å². The smallest absolute Gasteiger partial charge is 0.137 e. The molecule has 0 saturated carbocycles. The first kappa shape index (κ1) is 14.8. The van der Waals surface area contributed by atoms with Crippen LogP contribution in [0.2, 0.25) is 5.02 Å². The summed E-state index contributed by atoms with van der Waals surface area (Å²) in [6.45, 7) is 4.54. The molecule has 0 unspecified atom stereocenters. The van der Waals surface area contributed by atoms with Crippen LogP contribution >= 0.6 is 23.8 Å². The Balaban J connectivity index is 2.27. The van der Waals surface area contributed by atoms with E-state index in [0.717, 1.165) is 28.2 Å². The zero-order chi connectivity index (χ0) is 14.7. The number of anilines is 1. The Morgan fingerprint density at radius 3 is 2.75 bits per heavy atom. The van der Waals surface area contributed by atoms with E-state index in [1.165, 1.54) is 0 Å². The second-order valence-electron chi connectivity index (χ2n) is 4.65. The van der Waals surface area contributed by atoms with Gasteiger partial charge in [-0.05, 0) is 43.2 Å². The van der Waals surface area contributed by atoms with Crippen LogP contribution in [0.3, 0.4) is 0 Å². The number of nitrogens with one attached hydrogen (secondary N) is 1. The Morgan fingerprint density at radius 2 is 2.10 bits per heavy atom. The Kier molecular flexibility index (Phi) is 4.57. The first-order valence-corrected chi connectivity index (χ1v) is 7.02. The normalized spacial score (nSPS) is 10.3. The third kappa shape index (κ3) is 3.46. The summed E-state index contributed by atoms with van der Waals surface area (Å²) in [5, 5.41) is 4.00. The number of halogens is 1. The van der Waals surface area contributed by atoms with E-state index in [1.807, 2.05) is 44.2 Å². The van der Waals surface area contributed by atoms with Crippen LogP contribution in [0.4, 0.5) is 5.82 Å². The predicted molar refractivity (Wildman–Crippen MR) is 88.4 cm³/mol. The van der Waals surface area contributed by atoms with Gasteiger partial charge in [0.25, 0.3) is 0 Å². The van der Waals surface area contributed by atoms with Gasteiger partial charge >= 0.3 is 0 Å². The van der Waals surface area contributed by atoms with Crippen molar-refractivity contribution in [3.8, 4) is 0 Å². The molecule has 20 heavy (non-hydrogen) atoms. The number of rotatable bonds is 4. The lowest BCUT2D eigenvalue weighted by molar-refractivity contribution is 1.08. The molecule has 5 heteroatoms. The summed E-state index contributed by atoms with van der Waals surface area (Å²) in [4.78, 5) is 4.83. The van der Waals surface area contributed by atoms with Crippen LogP contribution in [-0.4, -0.2) is 9.97 Å². The second kappa shape index (κ2) is 6.20. The van der Waals surface area contributed by atoms with Crippen molar-refractivity contribution in [1.29, 1.82) is 0 Å². The summed E-state index contributed by atoms with van der Waals surface area (Å²) in [6.07, 6.45) is 0. The lowest BCUT2D eigenvalue weighted by Crippen LogP contribution is -2.16. The van der Waals surface area contributed by atoms with E-state index >= 15 is 0 Å². The Hall–Kier alpha value is -1.65. The highest BCUT2D eigenvalue weighted by Gasteiger charge is 2.11. The molecule has 0 spiro atoms. The summed E-state index contributed by atoms with van der Waals surface area (Å²) in [6, 6.07) is 9.65. The fourth-order valence-corrected chi connectivity index (χ4v) is 2.58. The van der Waals surface area contributed by atoms with Crippen LogP contribution in [0.5, 0.6) is 0 Å². The number of pyridine rings is 1. The molecular weight excluding hydrogens is 290 g/mol. The van der Waals surface area contributed by atoms with Crippen molar-refractivity contribution in [3.63, 3.8) is 0 Å². The summed E-state index contributed by atoms with van der Waals surface area (Å²) in [5.41, 5.74) is 9.62. The molecule has 0 saturated heterocycles. The van der Waals surface area contributed by atoms with Gasteiger partial charge in [-0.15, -0.1) is 0 Å². The van der Waals surface area contributed by atoms with E-state index in [4.69, 9.17) is 29.6 Å². The first-order chi connectivity index (χ1) is 9.47. The van der Waals surface area contributed by atoms with Crippen molar-refractivity contribution in [2.24, 2.45) is 5.73 Å². The van der Waals surface area contributed by atoms with Crippen molar-refractivity contribution in [1.82, 2.24) is 4.98 Å². The number of benzene rings is 1. The molecule has 0 fully saturated rings. The van der Waals surface area contributed by atoms with Crippen molar-refractivity contribution < 1.29 is 0 Å². The molecule has 1 heterocycles. The predicted octanol–water partition coefficient (Wildman–Crippen LogP) is 3.60. The molecule has 0 atom stereocenters. The van der Waals surface area contributed by atoms with Crippen LogP contribution in [0.1, 0.15) is 22.4 Å². The van der Waals surface area contributed by atoms with E-state index in [-0.39, 0.29) is 0 Å². The minimum Gasteiger partial charge on any atom is -0.389 e. The summed E-state index contributed by atoms with van der Waals surface area (Å²) in [7, 11) is 0. The molecule has 1 aromatic carbocycles. The maximum atomic E-state index is 5.97. The maximum Gasteiger partial charge on any atom is 0.137 e. The van der Waals surface area contributed by atoms with Crippen LogP contribution < -0.4 is 11.1 Å². The number of nitrogens with zero attached hydrogens (tertiary/aromatic N) is 1. The molecule has 0 bridgehead atoms. The van der Waals surface area contributed by atoms with E-state index < -0.39 is 0 Å². The molecule has 2 aromatic rings. The lowest BCUT2D eigenvalue weighted by Gasteiger charge is -2.14. The minimum atomic E-state index is 0.351. The average Bonchev–Trinajstić information content (AvgIpc) is 2.35. The Morgan fingerprint density at radius 1 is 1.35 bits per heavy atom. The summed E-state index contributed by atoms with van der Waals surface area (Å²) >= 11 is 11.1. The molecule has 3 N–H and O–H groups in total. The van der Waals surface area contributed by atoms with Crippen LogP contribution in [0.15, 0.2) is 30.3 Å². The van der Waals surface area contributed by atoms with Gasteiger partial charge in [0.05, 0.1) is 5.56 Å². The number of hydrogen-bond donors (Lipinski definition) is 2. The van der Waals surface area contributed by atoms with Crippen molar-refractivity contribution in [2.75, 3.05) is 5.32 Å². The van der Waals surface area contributed by atoms with Gasteiger partial charge in [0, 0.05) is 17.3 Å². The van der Waals surface area contributed by atoms with Gasteiger partial charge in [0.15, 0.2) is 0 Å². The monoisotopic (exact) mass is 305 g/mol. The van der Waals surface area contributed by atoms with E-state index in [9.17, 15) is 0 Å². The first-order valence-electron chi connectivity index (χ1n) is 6.23. The third-order valence-electron chi connectivity index (χ3n) is 2.94. The minimum absolute atomic E-state index is 0.351. The van der Waals surface area contributed by atoms with Gasteiger partial charge < -0.3 is 11.1 Å². The standard InChI is InChI=1S/C15H16ClN3S/c1-9-6-10(2)19-15(13(9)14(17)20)18-8-11-4-3-5-12(16)7-11/h3-7H,8H2,1-2H3,(H2,17,20)(H,18,19). The number of hydrogen-bond acceptors (Lipinski definition) is 3. The molecule has 0 aliphatic heterocycles. The molecule has 2 rings (SSSR count). The molecule has 0 amide bonds. The molecule has 0 radical (unpaired) electrons. The van der Waals surface area contributed by atoms with Gasteiger partial charge in [-0.2, -0.15) is 0 Å². The number of aryl methyl sites for hydroxylation is 2. The highest BCUT2D eigenvalue weighted by atomic mass is 35.5. The highest BCUT2D eigenvalue weighted by molar-refractivity contribution is 7.80. The zero-order valence-corrected chi connectivity index (χ0v) is 13.0. The molecule has 3 nitrogen and oxygen atoms in total. The summed E-state index contributed by atoms with van der Waals surface area (Å²) < 4.78 is 0. The van der Waals surface area contributed by atoms with Crippen molar-refractivity contribution in [3.05, 3.63) is 57.7 Å². The van der Waals surface area contributed by atoms with Crippen molar-refractivity contribution in [2.45, 2.75) is 20.4 Å². The maximum absolute atomic E-state index is 5.97. The van der Waals surface area contributed by atoms with Gasteiger partial charge in [-0.25, -0.2) is 4.98 Å². The SMILES string of the molecule is Cc1cc(C)c(C(N)=S)c(NCc2cccc(Cl)c2)n1. The largest absolute Gasteiger partial charge is 0.389 e. The van der Waals surface area contributed by atoms with Crippen LogP contribution in [0, 0.1) is 13.8 Å². The quantitative estimate of drug-likeness (QED) is 0.848. The zero-order valence-electron chi connectivity index (χ0n) is 11.4. The number of thiocarbonyl (C=S) groups is 1. The summed E-state index contributed by atoms with van der Waals surface area (Å²) in [5.74, 6) is 0.718. The molecule has 104 valence electrons. The number of nitrogens with two attached hydrogens (primary N) is 1. The van der Waals surface area contributed by atoms with E-state index in [2.05, 4.69) is 10.3 Å². The fourth-order valence-electron chi connectivity index (χ4n) is 2.11. The van der Waals surface area contributed by atoms with Gasteiger partial charge in [0.2, 0.25) is 0 Å². The lowest BCUT2D eigenvalue weighted by atomic mass is 10.1. The Bertz CT molecular complexity index is 656. The highest BCUT2D eigenvalue weighted by Crippen LogP contribution is 2.20. The van der Waals surface area contributed by atoms with Crippen molar-refractivity contribution >= 4 is 34.6 Å².